The van der Waals surface area contributed by atoms with Crippen molar-refractivity contribution in [3.8, 4) is 0 Å². The molecule has 17 heavy (non-hydrogen) atoms. The maximum Gasteiger partial charge on any atom is 0.0412 e. The number of nitrogens with one attached hydrogen (secondary N) is 1. The molecule has 0 spiro atoms. The third kappa shape index (κ3) is 4.81. The number of aryl methyl sites for hydroxylation is 2. The Bertz CT molecular complexity index is 297. The van der Waals surface area contributed by atoms with Crippen molar-refractivity contribution in [1.29, 1.82) is 0 Å². The summed E-state index contributed by atoms with van der Waals surface area (Å²) < 4.78 is 0. The average Bonchev–Trinajstić information content (AvgIpc) is 2.64. The fraction of sp³-hybridized carbons (Fsp3) is 0.733. The predicted molar refractivity (Wildman–Crippen MR) is 79.0 cm³/mol. The average molecular weight is 253 g/mol. The standard InChI is InChI=1S/C15H27NS/c1-5-6-7-8-9-10-14(16-4)15-11-12(2)13(3)17-15/h11,14,16H,5-10H2,1-4H3. The second-order valence-electron chi connectivity index (χ2n) is 4.93. The summed E-state index contributed by atoms with van der Waals surface area (Å²) in [5.41, 5.74) is 1.44. The fourth-order valence-corrected chi connectivity index (χ4v) is 3.34. The Morgan fingerprint density at radius 3 is 2.41 bits per heavy atom. The van der Waals surface area contributed by atoms with E-state index in [2.05, 4.69) is 39.2 Å². The smallest absolute Gasteiger partial charge is 0.0412 e. The summed E-state index contributed by atoms with van der Waals surface area (Å²) >= 11 is 1.95. The molecule has 1 aromatic heterocycles. The van der Waals surface area contributed by atoms with Crippen molar-refractivity contribution >= 4 is 11.3 Å². The van der Waals surface area contributed by atoms with Crippen LogP contribution in [0, 0.1) is 13.8 Å². The Morgan fingerprint density at radius 1 is 1.18 bits per heavy atom. The molecule has 0 aliphatic carbocycles. The highest BCUT2D eigenvalue weighted by atomic mass is 32.1. The topological polar surface area (TPSA) is 12.0 Å². The van der Waals surface area contributed by atoms with Gasteiger partial charge in [-0.05, 0) is 38.9 Å². The second kappa shape index (κ2) is 7.88. The number of thiophene rings is 1. The maximum atomic E-state index is 3.46. The third-order valence-corrected chi connectivity index (χ3v) is 4.74. The summed E-state index contributed by atoms with van der Waals surface area (Å²) in [6, 6.07) is 2.92. The molecular weight excluding hydrogens is 226 g/mol. The molecular formula is C15H27NS. The predicted octanol–water partition coefficient (Wildman–Crippen LogP) is 4.99. The lowest BCUT2D eigenvalue weighted by Crippen LogP contribution is -2.14. The monoisotopic (exact) mass is 253 g/mol. The lowest BCUT2D eigenvalue weighted by Gasteiger charge is -2.14. The molecule has 0 aliphatic rings. The Kier molecular flexibility index (Phi) is 6.83. The molecule has 1 nitrogen and oxygen atoms in total. The first-order valence-electron chi connectivity index (χ1n) is 6.93. The summed E-state index contributed by atoms with van der Waals surface area (Å²) in [7, 11) is 2.08. The zero-order valence-electron chi connectivity index (χ0n) is 11.8. The third-order valence-electron chi connectivity index (χ3n) is 3.47. The van der Waals surface area contributed by atoms with E-state index in [-0.39, 0.29) is 0 Å². The SMILES string of the molecule is CCCCCCCC(NC)c1cc(C)c(C)s1. The van der Waals surface area contributed by atoms with Gasteiger partial charge in [-0.2, -0.15) is 0 Å². The van der Waals surface area contributed by atoms with Crippen molar-refractivity contribution in [2.75, 3.05) is 7.05 Å². The molecule has 1 unspecified atom stereocenters. The Morgan fingerprint density at radius 2 is 1.88 bits per heavy atom. The minimum absolute atomic E-state index is 0.564. The first kappa shape index (κ1) is 14.7. The Hall–Kier alpha value is -0.340. The summed E-state index contributed by atoms with van der Waals surface area (Å²) in [5.74, 6) is 0. The molecule has 0 fully saturated rings. The fourth-order valence-electron chi connectivity index (χ4n) is 2.15. The molecule has 1 rings (SSSR count). The van der Waals surface area contributed by atoms with Crippen molar-refractivity contribution < 1.29 is 0 Å². The van der Waals surface area contributed by atoms with Gasteiger partial charge in [0, 0.05) is 15.8 Å². The van der Waals surface area contributed by atoms with Gasteiger partial charge in [-0.25, -0.2) is 0 Å². The molecule has 1 heterocycles. The molecule has 0 aliphatic heterocycles. The molecule has 0 bridgehead atoms. The van der Waals surface area contributed by atoms with Crippen LogP contribution in [0.2, 0.25) is 0 Å². The van der Waals surface area contributed by atoms with E-state index in [4.69, 9.17) is 0 Å². The molecule has 1 atom stereocenters. The van der Waals surface area contributed by atoms with Gasteiger partial charge in [-0.1, -0.05) is 39.0 Å². The van der Waals surface area contributed by atoms with Crippen LogP contribution in [0.3, 0.4) is 0 Å². The normalized spacial score (nSPS) is 12.9. The van der Waals surface area contributed by atoms with Gasteiger partial charge < -0.3 is 5.32 Å². The van der Waals surface area contributed by atoms with Gasteiger partial charge in [0.25, 0.3) is 0 Å². The molecule has 1 aromatic rings. The lowest BCUT2D eigenvalue weighted by molar-refractivity contribution is 0.506. The van der Waals surface area contributed by atoms with E-state index in [0.29, 0.717) is 6.04 Å². The van der Waals surface area contributed by atoms with E-state index in [1.54, 1.807) is 0 Å². The minimum Gasteiger partial charge on any atom is -0.312 e. The highest BCUT2D eigenvalue weighted by Crippen LogP contribution is 2.29. The second-order valence-corrected chi connectivity index (χ2v) is 6.22. The molecule has 0 aromatic carbocycles. The molecule has 1 N–H and O–H groups in total. The molecule has 98 valence electrons. The van der Waals surface area contributed by atoms with Crippen molar-refractivity contribution in [1.82, 2.24) is 5.32 Å². The zero-order chi connectivity index (χ0) is 12.7. The van der Waals surface area contributed by atoms with Gasteiger partial charge in [0.05, 0.1) is 0 Å². The van der Waals surface area contributed by atoms with Gasteiger partial charge in [-0.3, -0.25) is 0 Å². The van der Waals surface area contributed by atoms with Gasteiger partial charge in [0.2, 0.25) is 0 Å². The molecule has 2 heteroatoms. The van der Waals surface area contributed by atoms with Gasteiger partial charge in [-0.15, -0.1) is 11.3 Å². The van der Waals surface area contributed by atoms with Crippen LogP contribution in [0.4, 0.5) is 0 Å². The van der Waals surface area contributed by atoms with Crippen LogP contribution in [0.25, 0.3) is 0 Å². The van der Waals surface area contributed by atoms with Gasteiger partial charge >= 0.3 is 0 Å². The van der Waals surface area contributed by atoms with Crippen molar-refractivity contribution in [2.45, 2.75) is 65.3 Å². The van der Waals surface area contributed by atoms with E-state index < -0.39 is 0 Å². The molecule has 0 radical (unpaired) electrons. The molecule has 0 saturated carbocycles. The van der Waals surface area contributed by atoms with Crippen molar-refractivity contribution in [3.63, 3.8) is 0 Å². The van der Waals surface area contributed by atoms with E-state index in [0.717, 1.165) is 0 Å². The quantitative estimate of drug-likeness (QED) is 0.644. The van der Waals surface area contributed by atoms with Crippen molar-refractivity contribution in [3.05, 3.63) is 21.4 Å². The van der Waals surface area contributed by atoms with Crippen LogP contribution in [-0.2, 0) is 0 Å². The lowest BCUT2D eigenvalue weighted by atomic mass is 10.0. The number of unbranched alkanes of at least 4 members (excludes halogenated alkanes) is 4. The van der Waals surface area contributed by atoms with E-state index in [9.17, 15) is 0 Å². The summed E-state index contributed by atoms with van der Waals surface area (Å²) in [4.78, 5) is 2.98. The summed E-state index contributed by atoms with van der Waals surface area (Å²) in [5, 5.41) is 3.46. The highest BCUT2D eigenvalue weighted by molar-refractivity contribution is 7.12. The van der Waals surface area contributed by atoms with Crippen LogP contribution in [0.15, 0.2) is 6.07 Å². The molecule has 0 amide bonds. The maximum absolute atomic E-state index is 3.46. The van der Waals surface area contributed by atoms with E-state index >= 15 is 0 Å². The van der Waals surface area contributed by atoms with E-state index in [1.165, 1.54) is 53.8 Å². The largest absolute Gasteiger partial charge is 0.312 e. The first-order valence-corrected chi connectivity index (χ1v) is 7.74. The summed E-state index contributed by atoms with van der Waals surface area (Å²) in [6.45, 7) is 6.70. The van der Waals surface area contributed by atoms with Crippen LogP contribution < -0.4 is 5.32 Å². The number of hydrogen-bond donors (Lipinski definition) is 1. The van der Waals surface area contributed by atoms with Gasteiger partial charge in [0.15, 0.2) is 0 Å². The van der Waals surface area contributed by atoms with Crippen LogP contribution >= 0.6 is 11.3 Å². The van der Waals surface area contributed by atoms with Crippen molar-refractivity contribution in [2.24, 2.45) is 0 Å². The van der Waals surface area contributed by atoms with Crippen LogP contribution in [0.5, 0.6) is 0 Å². The Labute approximate surface area is 111 Å². The molecule has 0 saturated heterocycles. The van der Waals surface area contributed by atoms with Gasteiger partial charge in [0.1, 0.15) is 0 Å². The summed E-state index contributed by atoms with van der Waals surface area (Å²) in [6.07, 6.45) is 8.13. The van der Waals surface area contributed by atoms with E-state index in [1.807, 2.05) is 11.3 Å². The zero-order valence-corrected chi connectivity index (χ0v) is 12.6. The highest BCUT2D eigenvalue weighted by Gasteiger charge is 2.12. The van der Waals surface area contributed by atoms with Crippen LogP contribution in [0.1, 0.15) is 66.8 Å². The first-order chi connectivity index (χ1) is 8.19. The number of hydrogen-bond acceptors (Lipinski definition) is 2. The number of rotatable bonds is 8. The Balaban J connectivity index is 2.38. The minimum atomic E-state index is 0.564. The van der Waals surface area contributed by atoms with Crippen LogP contribution in [-0.4, -0.2) is 7.05 Å².